The minimum atomic E-state index is -3.64. The van der Waals surface area contributed by atoms with Crippen LogP contribution in [0.15, 0.2) is 9.72 Å². The largest absolute Gasteiger partial charge is 0.464 e. The Morgan fingerprint density at radius 3 is 2.89 bits per heavy atom. The molecule has 2 rings (SSSR count). The average molecular weight is 290 g/mol. The second-order valence-electron chi connectivity index (χ2n) is 4.09. The minimum Gasteiger partial charge on any atom is -0.464 e. The monoisotopic (exact) mass is 290 g/mol. The molecule has 18 heavy (non-hydrogen) atoms. The molecule has 1 aliphatic rings. The molecule has 1 saturated heterocycles. The molecule has 1 aromatic heterocycles. The summed E-state index contributed by atoms with van der Waals surface area (Å²) < 4.78 is 30.8. The van der Waals surface area contributed by atoms with E-state index in [1.54, 1.807) is 0 Å². The lowest BCUT2D eigenvalue weighted by Crippen LogP contribution is -2.34. The summed E-state index contributed by atoms with van der Waals surface area (Å²) in [6.45, 7) is 2.35. The molecule has 6 nitrogen and oxygen atoms in total. The quantitative estimate of drug-likeness (QED) is 0.779. The zero-order chi connectivity index (χ0) is 13.3. The summed E-state index contributed by atoms with van der Waals surface area (Å²) in [5, 5.41) is 0. The topological polar surface area (TPSA) is 76.6 Å². The fourth-order valence-corrected chi connectivity index (χ4v) is 4.97. The number of esters is 1. The van der Waals surface area contributed by atoms with E-state index in [0.717, 1.165) is 24.2 Å². The molecule has 100 valence electrons. The molecule has 0 saturated carbocycles. The molecule has 1 aliphatic heterocycles. The van der Waals surface area contributed by atoms with Crippen LogP contribution in [0.1, 0.15) is 30.3 Å². The molecule has 0 spiro atoms. The maximum absolute atomic E-state index is 12.4. The Morgan fingerprint density at radius 2 is 2.33 bits per heavy atom. The van der Waals surface area contributed by atoms with Gasteiger partial charge in [-0.05, 0) is 19.8 Å². The lowest BCUT2D eigenvalue weighted by Gasteiger charge is -2.19. The van der Waals surface area contributed by atoms with Gasteiger partial charge < -0.3 is 4.74 Å². The van der Waals surface area contributed by atoms with E-state index in [2.05, 4.69) is 9.72 Å². The van der Waals surface area contributed by atoms with E-state index < -0.39 is 16.0 Å². The Morgan fingerprint density at radius 1 is 1.61 bits per heavy atom. The number of thiazole rings is 1. The summed E-state index contributed by atoms with van der Waals surface area (Å²) in [4.78, 5) is 15.3. The fraction of sp³-hybridized carbons (Fsp3) is 0.600. The third-order valence-corrected chi connectivity index (χ3v) is 6.31. The molecule has 0 radical (unpaired) electrons. The molecule has 1 fully saturated rings. The molecule has 8 heteroatoms. The Kier molecular flexibility index (Phi) is 3.69. The number of rotatable bonds is 3. The van der Waals surface area contributed by atoms with Crippen LogP contribution in [0, 0.1) is 0 Å². The molecule has 0 aliphatic carbocycles. The highest BCUT2D eigenvalue weighted by molar-refractivity contribution is 7.91. The van der Waals surface area contributed by atoms with Crippen LogP contribution >= 0.6 is 11.3 Å². The Hall–Kier alpha value is -0.990. The van der Waals surface area contributed by atoms with Crippen molar-refractivity contribution in [1.29, 1.82) is 0 Å². The number of aromatic nitrogens is 1. The highest BCUT2D eigenvalue weighted by atomic mass is 32.2. The van der Waals surface area contributed by atoms with Crippen molar-refractivity contribution in [2.75, 3.05) is 13.7 Å². The number of carbonyl (C=O) groups excluding carboxylic acids is 1. The van der Waals surface area contributed by atoms with E-state index in [1.807, 2.05) is 6.92 Å². The lowest BCUT2D eigenvalue weighted by molar-refractivity contribution is 0.0590. The van der Waals surface area contributed by atoms with Gasteiger partial charge in [0.1, 0.15) is 0 Å². The van der Waals surface area contributed by atoms with Crippen LogP contribution < -0.4 is 0 Å². The van der Waals surface area contributed by atoms with Crippen molar-refractivity contribution in [1.82, 2.24) is 9.29 Å². The normalized spacial score (nSPS) is 21.1. The van der Waals surface area contributed by atoms with E-state index >= 15 is 0 Å². The van der Waals surface area contributed by atoms with E-state index in [-0.39, 0.29) is 15.9 Å². The fourth-order valence-electron chi connectivity index (χ4n) is 2.02. The zero-order valence-corrected chi connectivity index (χ0v) is 11.8. The summed E-state index contributed by atoms with van der Waals surface area (Å²) in [7, 11) is -2.44. The molecule has 0 amide bonds. The molecule has 0 aromatic carbocycles. The van der Waals surface area contributed by atoms with Crippen LogP contribution in [0.25, 0.3) is 0 Å². The predicted octanol–water partition coefficient (Wildman–Crippen LogP) is 1.10. The molecule has 0 N–H and O–H groups in total. The van der Waals surface area contributed by atoms with Crippen LogP contribution in [0.5, 0.6) is 0 Å². The summed E-state index contributed by atoms with van der Waals surface area (Å²) >= 11 is 0.947. The molecule has 1 unspecified atom stereocenters. The van der Waals surface area contributed by atoms with Gasteiger partial charge in [-0.15, -0.1) is 11.3 Å². The standard InChI is InChI=1S/C10H14N2O4S2/c1-7-4-3-5-12(7)18(14,15)10-8(9(13)16-2)11-6-17-10/h6-7H,3-5H2,1-2H3. The second-order valence-corrected chi connectivity index (χ2v) is 7.03. The van der Waals surface area contributed by atoms with Gasteiger partial charge in [-0.1, -0.05) is 0 Å². The van der Waals surface area contributed by atoms with Gasteiger partial charge in [0.05, 0.1) is 12.6 Å². The molecule has 0 bridgehead atoms. The van der Waals surface area contributed by atoms with Crippen LogP contribution in [0.2, 0.25) is 0 Å². The van der Waals surface area contributed by atoms with Gasteiger partial charge in [0.25, 0.3) is 10.0 Å². The zero-order valence-electron chi connectivity index (χ0n) is 10.1. The average Bonchev–Trinajstić information content (AvgIpc) is 2.96. The summed E-state index contributed by atoms with van der Waals surface area (Å²) in [6, 6.07) is -0.0393. The minimum absolute atomic E-state index is 0.0249. The number of hydrogen-bond donors (Lipinski definition) is 0. The van der Waals surface area contributed by atoms with Gasteiger partial charge in [-0.2, -0.15) is 4.31 Å². The van der Waals surface area contributed by atoms with Crippen molar-refractivity contribution < 1.29 is 17.9 Å². The maximum Gasteiger partial charge on any atom is 0.358 e. The first-order valence-electron chi connectivity index (χ1n) is 5.52. The smallest absolute Gasteiger partial charge is 0.358 e. The van der Waals surface area contributed by atoms with E-state index in [1.165, 1.54) is 16.9 Å². The summed E-state index contributed by atoms with van der Waals surface area (Å²) in [5.41, 5.74) is 1.22. The second kappa shape index (κ2) is 4.94. The van der Waals surface area contributed by atoms with E-state index in [0.29, 0.717) is 6.54 Å². The first-order valence-corrected chi connectivity index (χ1v) is 7.84. The predicted molar refractivity (Wildman–Crippen MR) is 66.0 cm³/mol. The highest BCUT2D eigenvalue weighted by Crippen LogP contribution is 2.30. The van der Waals surface area contributed by atoms with E-state index in [4.69, 9.17) is 0 Å². The molecule has 1 aromatic rings. The SMILES string of the molecule is COC(=O)c1ncsc1S(=O)(=O)N1CCCC1C. The van der Waals surface area contributed by atoms with Crippen molar-refractivity contribution in [3.63, 3.8) is 0 Å². The third kappa shape index (κ3) is 2.15. The molecule has 2 heterocycles. The first kappa shape index (κ1) is 13.4. The van der Waals surface area contributed by atoms with Gasteiger partial charge >= 0.3 is 5.97 Å². The van der Waals surface area contributed by atoms with Crippen molar-refractivity contribution in [3.8, 4) is 0 Å². The number of carbonyl (C=O) groups is 1. The Bertz CT molecular complexity index is 552. The number of ether oxygens (including phenoxy) is 1. The Labute approximate surface area is 110 Å². The number of methoxy groups -OCH3 is 1. The van der Waals surface area contributed by atoms with Crippen LogP contribution in [-0.4, -0.2) is 43.4 Å². The van der Waals surface area contributed by atoms with Crippen LogP contribution in [-0.2, 0) is 14.8 Å². The first-order chi connectivity index (χ1) is 8.48. The van der Waals surface area contributed by atoms with Crippen molar-refractivity contribution in [2.45, 2.75) is 30.0 Å². The van der Waals surface area contributed by atoms with Gasteiger partial charge in [0, 0.05) is 12.6 Å². The van der Waals surface area contributed by atoms with Gasteiger partial charge in [-0.25, -0.2) is 18.2 Å². The number of hydrogen-bond acceptors (Lipinski definition) is 6. The number of sulfonamides is 1. The van der Waals surface area contributed by atoms with Crippen LogP contribution in [0.3, 0.4) is 0 Å². The summed E-state index contributed by atoms with van der Waals surface area (Å²) in [6.07, 6.45) is 1.68. The van der Waals surface area contributed by atoms with Crippen molar-refractivity contribution in [3.05, 3.63) is 11.2 Å². The highest BCUT2D eigenvalue weighted by Gasteiger charge is 2.37. The molecule has 1 atom stereocenters. The molecular weight excluding hydrogens is 276 g/mol. The van der Waals surface area contributed by atoms with Crippen LogP contribution in [0.4, 0.5) is 0 Å². The maximum atomic E-state index is 12.4. The number of nitrogens with zero attached hydrogens (tertiary/aromatic N) is 2. The van der Waals surface area contributed by atoms with Crippen molar-refractivity contribution in [2.24, 2.45) is 0 Å². The third-order valence-electron chi connectivity index (χ3n) is 2.95. The lowest BCUT2D eigenvalue weighted by atomic mass is 10.3. The van der Waals surface area contributed by atoms with E-state index in [9.17, 15) is 13.2 Å². The van der Waals surface area contributed by atoms with Gasteiger partial charge in [-0.3, -0.25) is 0 Å². The van der Waals surface area contributed by atoms with Crippen molar-refractivity contribution >= 4 is 27.3 Å². The summed E-state index contributed by atoms with van der Waals surface area (Å²) in [5.74, 6) is -0.721. The van der Waals surface area contributed by atoms with Gasteiger partial charge in [0.2, 0.25) is 0 Å². The van der Waals surface area contributed by atoms with Gasteiger partial charge in [0.15, 0.2) is 9.90 Å². The Balaban J connectivity index is 2.42. The molecular formula is C10H14N2O4S2.